The van der Waals surface area contributed by atoms with Crippen LogP contribution in [0.2, 0.25) is 0 Å². The summed E-state index contributed by atoms with van der Waals surface area (Å²) in [5.41, 5.74) is 2.21. The minimum absolute atomic E-state index is 0.214. The highest BCUT2D eigenvalue weighted by Crippen LogP contribution is 2.39. The molecule has 0 aliphatic carbocycles. The quantitative estimate of drug-likeness (QED) is 0.610. The topological polar surface area (TPSA) is 9.23 Å². The van der Waals surface area contributed by atoms with Crippen LogP contribution < -0.4 is 4.74 Å². The molecule has 1 atom stereocenters. The SMILES string of the molecule is COc1cc(F)c(Br)cc1C(Br)c1ccc(F)c(C)c1. The number of benzene rings is 2. The van der Waals surface area contributed by atoms with Crippen LogP contribution in [-0.2, 0) is 0 Å². The van der Waals surface area contributed by atoms with Gasteiger partial charge in [0, 0.05) is 11.6 Å². The van der Waals surface area contributed by atoms with E-state index in [2.05, 4.69) is 31.9 Å². The second kappa shape index (κ2) is 6.22. The minimum atomic E-state index is -0.388. The molecule has 106 valence electrons. The largest absolute Gasteiger partial charge is 0.496 e. The predicted molar refractivity (Wildman–Crippen MR) is 82.6 cm³/mol. The van der Waals surface area contributed by atoms with Gasteiger partial charge < -0.3 is 4.74 Å². The van der Waals surface area contributed by atoms with Gasteiger partial charge in [-0.05, 0) is 46.1 Å². The van der Waals surface area contributed by atoms with Crippen molar-refractivity contribution in [2.24, 2.45) is 0 Å². The van der Waals surface area contributed by atoms with Crippen LogP contribution in [-0.4, -0.2) is 7.11 Å². The summed E-state index contributed by atoms with van der Waals surface area (Å²) >= 11 is 6.72. The van der Waals surface area contributed by atoms with Gasteiger partial charge in [-0.1, -0.05) is 28.1 Å². The first kappa shape index (κ1) is 15.4. The summed E-state index contributed by atoms with van der Waals surface area (Å²) in [7, 11) is 1.49. The van der Waals surface area contributed by atoms with E-state index in [0.717, 1.165) is 11.1 Å². The maximum Gasteiger partial charge on any atom is 0.141 e. The Hall–Kier alpha value is -0.940. The van der Waals surface area contributed by atoms with Crippen molar-refractivity contribution in [2.75, 3.05) is 7.11 Å². The first-order valence-corrected chi connectivity index (χ1v) is 7.58. The summed E-state index contributed by atoms with van der Waals surface area (Å²) in [4.78, 5) is -0.214. The molecule has 0 bridgehead atoms. The Morgan fingerprint density at radius 2 is 1.80 bits per heavy atom. The van der Waals surface area contributed by atoms with Gasteiger partial charge in [0.05, 0.1) is 16.4 Å². The summed E-state index contributed by atoms with van der Waals surface area (Å²) in [6.45, 7) is 1.70. The molecule has 5 heteroatoms. The summed E-state index contributed by atoms with van der Waals surface area (Å²) < 4.78 is 32.4. The van der Waals surface area contributed by atoms with Gasteiger partial charge in [0.25, 0.3) is 0 Å². The Bertz CT molecular complexity index is 644. The van der Waals surface area contributed by atoms with E-state index in [1.54, 1.807) is 25.1 Å². The van der Waals surface area contributed by atoms with Gasteiger partial charge in [-0.2, -0.15) is 0 Å². The number of halogens is 4. The zero-order valence-electron chi connectivity index (χ0n) is 10.9. The molecule has 0 saturated heterocycles. The van der Waals surface area contributed by atoms with E-state index in [1.165, 1.54) is 19.2 Å². The Morgan fingerprint density at radius 1 is 1.10 bits per heavy atom. The van der Waals surface area contributed by atoms with Gasteiger partial charge in [-0.15, -0.1) is 0 Å². The van der Waals surface area contributed by atoms with Crippen molar-refractivity contribution in [1.29, 1.82) is 0 Å². The molecule has 20 heavy (non-hydrogen) atoms. The fourth-order valence-electron chi connectivity index (χ4n) is 1.92. The van der Waals surface area contributed by atoms with Gasteiger partial charge in [0.2, 0.25) is 0 Å². The lowest BCUT2D eigenvalue weighted by Gasteiger charge is -2.16. The Balaban J connectivity index is 2.49. The van der Waals surface area contributed by atoms with Crippen molar-refractivity contribution in [1.82, 2.24) is 0 Å². The first-order chi connectivity index (χ1) is 9.43. The van der Waals surface area contributed by atoms with Crippen LogP contribution in [0.15, 0.2) is 34.8 Å². The predicted octanol–water partition coefficient (Wildman–Crippen LogP) is 5.53. The summed E-state index contributed by atoms with van der Waals surface area (Å²) in [6, 6.07) is 7.85. The molecule has 2 aromatic rings. The monoisotopic (exact) mass is 404 g/mol. The Labute approximate surface area is 133 Å². The van der Waals surface area contributed by atoms with Crippen molar-refractivity contribution in [3.05, 3.63) is 63.1 Å². The fraction of sp³-hybridized carbons (Fsp3) is 0.200. The molecule has 0 spiro atoms. The molecule has 2 rings (SSSR count). The average molecular weight is 406 g/mol. The van der Waals surface area contributed by atoms with Crippen molar-refractivity contribution in [2.45, 2.75) is 11.8 Å². The standard InChI is InChI=1S/C15H12Br2F2O/c1-8-5-9(3-4-12(8)18)15(17)10-6-11(16)13(19)7-14(10)20-2/h3-7,15H,1-2H3. The molecule has 0 aliphatic rings. The number of hydrogen-bond acceptors (Lipinski definition) is 1. The number of hydrogen-bond donors (Lipinski definition) is 0. The second-order valence-electron chi connectivity index (χ2n) is 4.38. The molecular weight excluding hydrogens is 394 g/mol. The second-order valence-corrected chi connectivity index (χ2v) is 6.15. The summed E-state index contributed by atoms with van der Waals surface area (Å²) in [6.07, 6.45) is 0. The Morgan fingerprint density at radius 3 is 2.40 bits per heavy atom. The molecule has 0 fully saturated rings. The smallest absolute Gasteiger partial charge is 0.141 e. The van der Waals surface area contributed by atoms with Crippen LogP contribution >= 0.6 is 31.9 Å². The van der Waals surface area contributed by atoms with Crippen LogP contribution in [0, 0.1) is 18.6 Å². The summed E-state index contributed by atoms with van der Waals surface area (Å²) in [5.74, 6) is -0.198. The third-order valence-electron chi connectivity index (χ3n) is 3.02. The maximum atomic E-state index is 13.5. The normalized spacial score (nSPS) is 12.3. The number of alkyl halides is 1. The van der Waals surface area contributed by atoms with Crippen LogP contribution in [0.25, 0.3) is 0 Å². The molecule has 0 N–H and O–H groups in total. The van der Waals surface area contributed by atoms with E-state index in [1.807, 2.05) is 0 Å². The Kier molecular flexibility index (Phi) is 4.81. The van der Waals surface area contributed by atoms with Crippen LogP contribution in [0.4, 0.5) is 8.78 Å². The summed E-state index contributed by atoms with van der Waals surface area (Å²) in [5, 5.41) is 0. The lowest BCUT2D eigenvalue weighted by Crippen LogP contribution is -1.99. The highest BCUT2D eigenvalue weighted by atomic mass is 79.9. The first-order valence-electron chi connectivity index (χ1n) is 5.87. The number of methoxy groups -OCH3 is 1. The minimum Gasteiger partial charge on any atom is -0.496 e. The zero-order valence-corrected chi connectivity index (χ0v) is 14.1. The van der Waals surface area contributed by atoms with Crippen molar-refractivity contribution >= 4 is 31.9 Å². The van der Waals surface area contributed by atoms with Crippen LogP contribution in [0.1, 0.15) is 21.5 Å². The van der Waals surface area contributed by atoms with Gasteiger partial charge in [-0.3, -0.25) is 0 Å². The van der Waals surface area contributed by atoms with E-state index in [0.29, 0.717) is 15.8 Å². The van der Waals surface area contributed by atoms with E-state index >= 15 is 0 Å². The number of ether oxygens (including phenoxy) is 1. The van der Waals surface area contributed by atoms with E-state index < -0.39 is 0 Å². The van der Waals surface area contributed by atoms with Crippen molar-refractivity contribution in [3.63, 3.8) is 0 Å². The molecule has 0 heterocycles. The molecule has 1 nitrogen and oxygen atoms in total. The molecular formula is C15H12Br2F2O. The fourth-order valence-corrected chi connectivity index (χ4v) is 2.93. The molecule has 0 saturated carbocycles. The lowest BCUT2D eigenvalue weighted by atomic mass is 10.0. The highest BCUT2D eigenvalue weighted by Gasteiger charge is 2.18. The molecule has 0 aromatic heterocycles. The van der Waals surface area contributed by atoms with Gasteiger partial charge >= 0.3 is 0 Å². The van der Waals surface area contributed by atoms with E-state index in [-0.39, 0.29) is 16.5 Å². The lowest BCUT2D eigenvalue weighted by molar-refractivity contribution is 0.406. The average Bonchev–Trinajstić information content (AvgIpc) is 2.43. The third-order valence-corrected chi connectivity index (χ3v) is 4.65. The van der Waals surface area contributed by atoms with Crippen molar-refractivity contribution < 1.29 is 13.5 Å². The van der Waals surface area contributed by atoms with Gasteiger partial charge in [0.15, 0.2) is 0 Å². The highest BCUT2D eigenvalue weighted by molar-refractivity contribution is 9.10. The van der Waals surface area contributed by atoms with E-state index in [9.17, 15) is 8.78 Å². The maximum absolute atomic E-state index is 13.5. The van der Waals surface area contributed by atoms with E-state index in [4.69, 9.17) is 4.74 Å². The van der Waals surface area contributed by atoms with Gasteiger partial charge in [0.1, 0.15) is 17.4 Å². The van der Waals surface area contributed by atoms with Crippen LogP contribution in [0.3, 0.4) is 0 Å². The van der Waals surface area contributed by atoms with Crippen molar-refractivity contribution in [3.8, 4) is 5.75 Å². The number of rotatable bonds is 3. The zero-order chi connectivity index (χ0) is 14.9. The molecule has 0 radical (unpaired) electrons. The molecule has 2 aromatic carbocycles. The van der Waals surface area contributed by atoms with Gasteiger partial charge in [-0.25, -0.2) is 8.78 Å². The number of aryl methyl sites for hydroxylation is 1. The van der Waals surface area contributed by atoms with Crippen LogP contribution in [0.5, 0.6) is 5.75 Å². The molecule has 0 aliphatic heterocycles. The molecule has 1 unspecified atom stereocenters. The molecule has 0 amide bonds. The third kappa shape index (κ3) is 3.04.